The largest absolute Gasteiger partial charge is 0.490 e. The van der Waals surface area contributed by atoms with E-state index >= 15 is 4.39 Å². The third kappa shape index (κ3) is 4.16. The predicted molar refractivity (Wildman–Crippen MR) is 138 cm³/mol. The molecule has 41 heavy (non-hydrogen) atoms. The SMILES string of the molecule is N#Cc1c(N)sc2c(F)ccc(-c3c(F)cc4c5c3c(Cl)nn5CC[C@@H]3C(OC(=O)C(F)(F)F)NCCN3C4=O)c12. The second-order valence-electron chi connectivity index (χ2n) is 9.40. The molecule has 1 fully saturated rings. The van der Waals surface area contributed by atoms with Crippen molar-refractivity contribution < 1.29 is 36.3 Å². The molecular formula is C25H16ClF5N6O3S. The van der Waals surface area contributed by atoms with Crippen LogP contribution in [-0.4, -0.2) is 58.1 Å². The summed E-state index contributed by atoms with van der Waals surface area (Å²) in [7, 11) is 0. The van der Waals surface area contributed by atoms with Gasteiger partial charge in [-0.25, -0.2) is 13.6 Å². The molecule has 3 N–H and O–H groups in total. The zero-order chi connectivity index (χ0) is 29.4. The number of fused-ring (bicyclic) bond motifs is 2. The molecule has 0 saturated carbocycles. The number of esters is 1. The lowest BCUT2D eigenvalue weighted by atomic mass is 9.93. The van der Waals surface area contributed by atoms with Gasteiger partial charge in [-0.1, -0.05) is 17.7 Å². The van der Waals surface area contributed by atoms with E-state index in [1.54, 1.807) is 0 Å². The number of rotatable bonds is 2. The van der Waals surface area contributed by atoms with Gasteiger partial charge in [-0.05, 0) is 24.1 Å². The molecule has 4 aromatic rings. The van der Waals surface area contributed by atoms with E-state index in [1.807, 2.05) is 6.07 Å². The molecule has 1 saturated heterocycles. The molecule has 1 unspecified atom stereocenters. The number of hydrogen-bond donors (Lipinski definition) is 2. The number of carbonyl (C=O) groups is 2. The maximum atomic E-state index is 16.1. The zero-order valence-corrected chi connectivity index (χ0v) is 22.1. The molecule has 0 spiro atoms. The third-order valence-electron chi connectivity index (χ3n) is 7.17. The van der Waals surface area contributed by atoms with Crippen LogP contribution in [0.2, 0.25) is 5.15 Å². The molecule has 9 nitrogen and oxygen atoms in total. The van der Waals surface area contributed by atoms with Gasteiger partial charge in [-0.15, -0.1) is 11.3 Å². The minimum Gasteiger partial charge on any atom is -0.438 e. The van der Waals surface area contributed by atoms with Crippen LogP contribution in [0.15, 0.2) is 18.2 Å². The molecule has 212 valence electrons. The number of aromatic nitrogens is 2. The van der Waals surface area contributed by atoms with E-state index in [0.717, 1.165) is 23.5 Å². The van der Waals surface area contributed by atoms with Crippen molar-refractivity contribution in [3.05, 3.63) is 46.1 Å². The molecule has 2 aromatic heterocycles. The first kappa shape index (κ1) is 27.2. The molecule has 2 aromatic carbocycles. The minimum atomic E-state index is -5.24. The number of aryl methyl sites for hydroxylation is 1. The van der Waals surface area contributed by atoms with Gasteiger partial charge in [0.1, 0.15) is 22.7 Å². The van der Waals surface area contributed by atoms with Gasteiger partial charge in [0.15, 0.2) is 11.4 Å². The van der Waals surface area contributed by atoms with Crippen LogP contribution < -0.4 is 11.1 Å². The van der Waals surface area contributed by atoms with Crippen molar-refractivity contribution in [2.75, 3.05) is 18.8 Å². The van der Waals surface area contributed by atoms with Gasteiger partial charge in [-0.2, -0.15) is 23.5 Å². The van der Waals surface area contributed by atoms with E-state index in [0.29, 0.717) is 0 Å². The van der Waals surface area contributed by atoms with Crippen LogP contribution >= 0.6 is 22.9 Å². The van der Waals surface area contributed by atoms with Crippen molar-refractivity contribution in [3.63, 3.8) is 0 Å². The normalized spacial score (nSPS) is 19.1. The first-order valence-electron chi connectivity index (χ1n) is 12.0. The van der Waals surface area contributed by atoms with E-state index in [2.05, 4.69) is 15.2 Å². The van der Waals surface area contributed by atoms with Crippen molar-refractivity contribution in [2.45, 2.75) is 31.4 Å². The third-order valence-corrected chi connectivity index (χ3v) is 8.46. The highest BCUT2D eigenvalue weighted by molar-refractivity contribution is 7.23. The Hall–Kier alpha value is -4.00. The Bertz CT molecular complexity index is 1830. The average Bonchev–Trinajstić information content (AvgIpc) is 3.43. The predicted octanol–water partition coefficient (Wildman–Crippen LogP) is 4.55. The molecule has 4 heterocycles. The van der Waals surface area contributed by atoms with Crippen molar-refractivity contribution in [2.24, 2.45) is 0 Å². The first-order valence-corrected chi connectivity index (χ1v) is 13.2. The lowest BCUT2D eigenvalue weighted by Gasteiger charge is -2.42. The maximum Gasteiger partial charge on any atom is 0.490 e. The van der Waals surface area contributed by atoms with Crippen molar-refractivity contribution >= 4 is 60.8 Å². The maximum absolute atomic E-state index is 16.1. The number of anilines is 1. The number of thiophene rings is 1. The molecule has 16 heteroatoms. The molecule has 2 aliphatic rings. The number of nitrogen functional groups attached to an aromatic ring is 1. The number of benzene rings is 2. The van der Waals surface area contributed by atoms with Crippen LogP contribution in [0.4, 0.5) is 27.0 Å². The van der Waals surface area contributed by atoms with Crippen LogP contribution in [-0.2, 0) is 16.1 Å². The Morgan fingerprint density at radius 2 is 1.98 bits per heavy atom. The lowest BCUT2D eigenvalue weighted by molar-refractivity contribution is -0.210. The van der Waals surface area contributed by atoms with Gasteiger partial charge in [0, 0.05) is 30.6 Å². The van der Waals surface area contributed by atoms with Gasteiger partial charge in [0.05, 0.1) is 32.8 Å². The topological polar surface area (TPSA) is 126 Å². The van der Waals surface area contributed by atoms with E-state index < -0.39 is 42.0 Å². The number of nitriles is 1. The zero-order valence-electron chi connectivity index (χ0n) is 20.5. The molecule has 1 amide bonds. The van der Waals surface area contributed by atoms with Gasteiger partial charge in [0.2, 0.25) is 0 Å². The standard InChI is InChI=1S/C25H16ClF5N6O3S/c26-20-17-16(9-1-2-12(27)19-15(9)11(8-32)21(33)41-19)13(28)7-10-18(17)37(35-20)5-3-14-22(40-24(39)25(29,30)31)34-4-6-36(14)23(10)38/h1-2,7,14,22,34H,3-6,33H2/t14-,22?/m1/s1. The smallest absolute Gasteiger partial charge is 0.438 e. The highest BCUT2D eigenvalue weighted by atomic mass is 35.5. The number of nitrogens with zero attached hydrogens (tertiary/aromatic N) is 4. The van der Waals surface area contributed by atoms with Gasteiger partial charge >= 0.3 is 12.1 Å². The highest BCUT2D eigenvalue weighted by Gasteiger charge is 2.46. The van der Waals surface area contributed by atoms with Gasteiger partial charge in [0.25, 0.3) is 5.91 Å². The molecule has 0 aliphatic carbocycles. The van der Waals surface area contributed by atoms with E-state index in [1.165, 1.54) is 15.6 Å². The number of halogens is 6. The number of ether oxygens (including phenoxy) is 1. The number of amides is 1. The van der Waals surface area contributed by atoms with Gasteiger partial charge < -0.3 is 15.4 Å². The molecule has 0 radical (unpaired) electrons. The quantitative estimate of drug-likeness (QED) is 0.252. The molecule has 0 bridgehead atoms. The second-order valence-corrected chi connectivity index (χ2v) is 10.8. The summed E-state index contributed by atoms with van der Waals surface area (Å²) < 4.78 is 75.5. The summed E-state index contributed by atoms with van der Waals surface area (Å²) in [5, 5.41) is 16.6. The summed E-state index contributed by atoms with van der Waals surface area (Å²) >= 11 is 7.34. The molecule has 2 aliphatic heterocycles. The van der Waals surface area contributed by atoms with Crippen LogP contribution in [0.25, 0.3) is 32.1 Å². The fourth-order valence-corrected chi connectivity index (χ4v) is 6.70. The molecular weight excluding hydrogens is 595 g/mol. The van der Waals surface area contributed by atoms with Crippen molar-refractivity contribution in [1.82, 2.24) is 20.0 Å². The summed E-state index contributed by atoms with van der Waals surface area (Å²) in [5.41, 5.74) is 5.88. The Morgan fingerprint density at radius 3 is 2.68 bits per heavy atom. The van der Waals surface area contributed by atoms with Crippen LogP contribution in [0, 0.1) is 23.0 Å². The fraction of sp³-hybridized carbons (Fsp3) is 0.280. The van der Waals surface area contributed by atoms with Crippen LogP contribution in [0.3, 0.4) is 0 Å². The number of alkyl halides is 3. The van der Waals surface area contributed by atoms with E-state index in [4.69, 9.17) is 17.3 Å². The number of hydrogen-bond acceptors (Lipinski definition) is 8. The Morgan fingerprint density at radius 1 is 1.22 bits per heavy atom. The number of nitrogens with one attached hydrogen (secondary N) is 1. The monoisotopic (exact) mass is 610 g/mol. The molecule has 2 atom stereocenters. The van der Waals surface area contributed by atoms with Crippen LogP contribution in [0.1, 0.15) is 22.3 Å². The lowest BCUT2D eigenvalue weighted by Crippen LogP contribution is -2.62. The van der Waals surface area contributed by atoms with E-state index in [9.17, 15) is 32.4 Å². The van der Waals surface area contributed by atoms with Gasteiger partial charge in [-0.3, -0.25) is 14.8 Å². The fourth-order valence-electron chi connectivity index (χ4n) is 5.48. The average molecular weight is 611 g/mol. The summed E-state index contributed by atoms with van der Waals surface area (Å²) in [6, 6.07) is 4.25. The first-order chi connectivity index (χ1) is 19.4. The summed E-state index contributed by atoms with van der Waals surface area (Å²) in [6.07, 6.45) is -6.71. The highest BCUT2D eigenvalue weighted by Crippen LogP contribution is 2.46. The van der Waals surface area contributed by atoms with Crippen LogP contribution in [0.5, 0.6) is 0 Å². The Labute approximate surface area is 235 Å². The number of carbonyl (C=O) groups excluding carboxylic acids is 2. The van der Waals surface area contributed by atoms with Crippen molar-refractivity contribution in [3.8, 4) is 17.2 Å². The second kappa shape index (κ2) is 9.54. The summed E-state index contributed by atoms with van der Waals surface area (Å²) in [4.78, 5) is 26.6. The summed E-state index contributed by atoms with van der Waals surface area (Å²) in [5.74, 6) is -4.74. The number of piperazine rings is 1. The van der Waals surface area contributed by atoms with E-state index in [-0.39, 0.29) is 79.5 Å². The Kier molecular flexibility index (Phi) is 6.32. The van der Waals surface area contributed by atoms with Crippen molar-refractivity contribution in [1.29, 1.82) is 5.26 Å². The minimum absolute atomic E-state index is 0.00512. The Balaban J connectivity index is 1.53. The number of nitrogens with two attached hydrogens (primary N) is 1. The molecule has 6 rings (SSSR count). The summed E-state index contributed by atoms with van der Waals surface area (Å²) in [6.45, 7) is 0.0472.